The molecule has 0 saturated heterocycles. The molecule has 1 aromatic carbocycles. The van der Waals surface area contributed by atoms with Gasteiger partial charge in [0.15, 0.2) is 0 Å². The highest BCUT2D eigenvalue weighted by Gasteiger charge is 2.16. The van der Waals surface area contributed by atoms with E-state index >= 15 is 0 Å². The fraction of sp³-hybridized carbons (Fsp3) is 0.522. The van der Waals surface area contributed by atoms with Gasteiger partial charge in [-0.1, -0.05) is 24.6 Å². The molecule has 1 aromatic rings. The zero-order valence-electron chi connectivity index (χ0n) is 17.4. The summed E-state index contributed by atoms with van der Waals surface area (Å²) in [6.45, 7) is 9.23. The van der Waals surface area contributed by atoms with Crippen LogP contribution in [0.1, 0.15) is 56.3 Å². The number of unbranched alkanes of at least 4 members (excludes halogenated alkanes) is 1. The van der Waals surface area contributed by atoms with Gasteiger partial charge in [0.05, 0.1) is 13.2 Å². The number of benzene rings is 1. The molecule has 0 radical (unpaired) electrons. The summed E-state index contributed by atoms with van der Waals surface area (Å²) < 4.78 is 21.8. The predicted molar refractivity (Wildman–Crippen MR) is 111 cm³/mol. The highest BCUT2D eigenvalue weighted by Crippen LogP contribution is 2.29. The molecule has 2 unspecified atom stereocenters. The zero-order valence-corrected chi connectivity index (χ0v) is 17.4. The summed E-state index contributed by atoms with van der Waals surface area (Å²) in [5.74, 6) is 0.601. The van der Waals surface area contributed by atoms with Crippen molar-refractivity contribution in [3.63, 3.8) is 0 Å². The minimum Gasteiger partial charge on any atom is -0.496 e. The third kappa shape index (κ3) is 8.72. The van der Waals surface area contributed by atoms with Crippen LogP contribution in [-0.2, 0) is 25.4 Å². The summed E-state index contributed by atoms with van der Waals surface area (Å²) in [5.41, 5.74) is 2.18. The first-order valence-electron chi connectivity index (χ1n) is 9.72. The van der Waals surface area contributed by atoms with Gasteiger partial charge in [-0.3, -0.25) is 4.79 Å². The van der Waals surface area contributed by atoms with Gasteiger partial charge in [-0.15, -0.1) is 13.2 Å². The van der Waals surface area contributed by atoms with E-state index in [9.17, 15) is 4.79 Å². The molecular weight excluding hydrogens is 356 g/mol. The van der Waals surface area contributed by atoms with Crippen LogP contribution < -0.4 is 4.74 Å². The van der Waals surface area contributed by atoms with Gasteiger partial charge in [-0.2, -0.15) is 0 Å². The molecule has 5 heteroatoms. The maximum atomic E-state index is 11.2. The lowest BCUT2D eigenvalue weighted by molar-refractivity contribution is -0.146. The quantitative estimate of drug-likeness (QED) is 0.179. The summed E-state index contributed by atoms with van der Waals surface area (Å²) in [4.78, 5) is 11.2. The van der Waals surface area contributed by atoms with Gasteiger partial charge < -0.3 is 18.9 Å². The number of carbonyl (C=O) groups excluding carboxylic acids is 1. The molecule has 28 heavy (non-hydrogen) atoms. The molecule has 0 amide bonds. The fourth-order valence-electron chi connectivity index (χ4n) is 3.16. The van der Waals surface area contributed by atoms with Crippen LogP contribution in [0.25, 0.3) is 0 Å². The highest BCUT2D eigenvalue weighted by atomic mass is 16.7. The van der Waals surface area contributed by atoms with Crippen molar-refractivity contribution in [3.05, 3.63) is 54.6 Å². The molecule has 5 nitrogen and oxygen atoms in total. The van der Waals surface area contributed by atoms with Gasteiger partial charge >= 0.3 is 5.97 Å². The average molecular weight is 391 g/mol. The molecule has 156 valence electrons. The number of methoxy groups -OCH3 is 2. The van der Waals surface area contributed by atoms with E-state index < -0.39 is 0 Å². The van der Waals surface area contributed by atoms with Crippen LogP contribution in [-0.4, -0.2) is 33.1 Å². The van der Waals surface area contributed by atoms with Crippen LogP contribution in [0.15, 0.2) is 43.5 Å². The summed E-state index contributed by atoms with van der Waals surface area (Å²) in [7, 11) is 3.29. The topological polar surface area (TPSA) is 54.0 Å². The predicted octanol–water partition coefficient (Wildman–Crippen LogP) is 5.15. The first-order chi connectivity index (χ1) is 13.5. The SMILES string of the molecule is C=CCc1cc(C(CCCCC(CC=C)OC(C)=O)OCOC)ccc1OC. The summed E-state index contributed by atoms with van der Waals surface area (Å²) >= 11 is 0. The molecule has 0 heterocycles. The second kappa shape index (κ2) is 14.0. The van der Waals surface area contributed by atoms with Crippen LogP contribution in [0.2, 0.25) is 0 Å². The fourth-order valence-corrected chi connectivity index (χ4v) is 3.16. The van der Waals surface area contributed by atoms with Crippen molar-refractivity contribution >= 4 is 5.97 Å². The third-order valence-corrected chi connectivity index (χ3v) is 4.43. The van der Waals surface area contributed by atoms with Crippen molar-refractivity contribution in [1.82, 2.24) is 0 Å². The van der Waals surface area contributed by atoms with Crippen molar-refractivity contribution in [2.75, 3.05) is 21.0 Å². The Hall–Kier alpha value is -2.11. The summed E-state index contributed by atoms with van der Waals surface area (Å²) in [6, 6.07) is 6.11. The van der Waals surface area contributed by atoms with Gasteiger partial charge in [0.2, 0.25) is 0 Å². The lowest BCUT2D eigenvalue weighted by Crippen LogP contribution is -2.15. The van der Waals surface area contributed by atoms with Crippen molar-refractivity contribution < 1.29 is 23.7 Å². The number of carbonyl (C=O) groups is 1. The minimum absolute atomic E-state index is 0.0685. The van der Waals surface area contributed by atoms with Crippen LogP contribution in [0.4, 0.5) is 0 Å². The van der Waals surface area contributed by atoms with Gasteiger partial charge in [0, 0.05) is 20.5 Å². The first kappa shape index (κ1) is 23.9. The van der Waals surface area contributed by atoms with Crippen LogP contribution in [0.5, 0.6) is 5.75 Å². The highest BCUT2D eigenvalue weighted by molar-refractivity contribution is 5.66. The molecule has 0 aliphatic rings. The molecule has 0 fully saturated rings. The minimum atomic E-state index is -0.249. The number of rotatable bonds is 15. The Balaban J connectivity index is 2.72. The number of esters is 1. The Morgan fingerprint density at radius 2 is 1.89 bits per heavy atom. The van der Waals surface area contributed by atoms with E-state index in [0.29, 0.717) is 6.42 Å². The average Bonchev–Trinajstić information content (AvgIpc) is 2.67. The molecule has 0 aliphatic heterocycles. The van der Waals surface area contributed by atoms with Crippen LogP contribution in [0, 0.1) is 0 Å². The molecular formula is C23H34O5. The van der Waals surface area contributed by atoms with Crippen molar-refractivity contribution in [3.8, 4) is 5.75 Å². The van der Waals surface area contributed by atoms with Gasteiger partial charge in [-0.25, -0.2) is 0 Å². The second-order valence-corrected chi connectivity index (χ2v) is 6.67. The Bertz CT molecular complexity index is 611. The smallest absolute Gasteiger partial charge is 0.302 e. The number of allylic oxidation sites excluding steroid dienone is 1. The van der Waals surface area contributed by atoms with E-state index in [4.69, 9.17) is 18.9 Å². The number of hydrogen-bond acceptors (Lipinski definition) is 5. The molecule has 2 atom stereocenters. The van der Waals surface area contributed by atoms with E-state index in [1.807, 2.05) is 18.2 Å². The van der Waals surface area contributed by atoms with Gasteiger partial charge in [0.1, 0.15) is 18.6 Å². The number of hydrogen-bond donors (Lipinski definition) is 0. The van der Waals surface area contributed by atoms with E-state index in [-0.39, 0.29) is 25.0 Å². The van der Waals surface area contributed by atoms with Crippen LogP contribution >= 0.6 is 0 Å². The second-order valence-electron chi connectivity index (χ2n) is 6.67. The van der Waals surface area contributed by atoms with Crippen molar-refractivity contribution in [2.45, 2.75) is 57.7 Å². The molecule has 0 spiro atoms. The standard InChI is InChI=1S/C23H34O5/c1-6-10-19-16-20(14-15-22(19)26-5)23(27-17-25-4)13-9-8-12-21(11-7-2)28-18(3)24/h6-7,14-16,21,23H,1-2,8-13,17H2,3-5H3. The molecule has 0 N–H and O–H groups in total. The third-order valence-electron chi connectivity index (χ3n) is 4.43. The lowest BCUT2D eigenvalue weighted by Gasteiger charge is -2.20. The van der Waals surface area contributed by atoms with Crippen molar-refractivity contribution in [2.24, 2.45) is 0 Å². The Morgan fingerprint density at radius 3 is 2.50 bits per heavy atom. The normalized spacial score (nSPS) is 12.8. The van der Waals surface area contributed by atoms with Gasteiger partial charge in [-0.05, 0) is 48.9 Å². The Labute approximate surface area is 169 Å². The molecule has 0 bridgehead atoms. The Kier molecular flexibility index (Phi) is 11.9. The number of ether oxygens (including phenoxy) is 4. The van der Waals surface area contributed by atoms with Gasteiger partial charge in [0.25, 0.3) is 0 Å². The molecule has 1 rings (SSSR count). The molecule has 0 saturated carbocycles. The molecule has 0 aromatic heterocycles. The largest absolute Gasteiger partial charge is 0.496 e. The van der Waals surface area contributed by atoms with Crippen LogP contribution in [0.3, 0.4) is 0 Å². The van der Waals surface area contributed by atoms with Crippen molar-refractivity contribution in [1.29, 1.82) is 0 Å². The lowest BCUT2D eigenvalue weighted by atomic mass is 9.98. The maximum Gasteiger partial charge on any atom is 0.302 e. The zero-order chi connectivity index (χ0) is 20.8. The monoisotopic (exact) mass is 390 g/mol. The Morgan fingerprint density at radius 1 is 1.14 bits per heavy atom. The maximum absolute atomic E-state index is 11.2. The summed E-state index contributed by atoms with van der Waals surface area (Å²) in [6.07, 6.45) is 8.44. The van der Waals surface area contributed by atoms with E-state index in [0.717, 1.165) is 49.0 Å². The molecule has 0 aliphatic carbocycles. The first-order valence-corrected chi connectivity index (χ1v) is 9.72. The van der Waals surface area contributed by atoms with E-state index in [1.54, 1.807) is 20.3 Å². The van der Waals surface area contributed by atoms with E-state index in [2.05, 4.69) is 19.2 Å². The van der Waals surface area contributed by atoms with E-state index in [1.165, 1.54) is 6.92 Å². The summed E-state index contributed by atoms with van der Waals surface area (Å²) in [5, 5.41) is 0.